The Morgan fingerprint density at radius 3 is 2.49 bits per heavy atom. The molecular formula is C26H24ClN3O3S2. The van der Waals surface area contributed by atoms with Crippen molar-refractivity contribution in [1.29, 1.82) is 0 Å². The molecule has 0 unspecified atom stereocenters. The molecule has 3 aromatic carbocycles. The number of piperidine rings is 1. The first-order chi connectivity index (χ1) is 16.8. The van der Waals surface area contributed by atoms with E-state index in [9.17, 15) is 13.2 Å². The summed E-state index contributed by atoms with van der Waals surface area (Å²) in [6.45, 7) is 2.61. The molecular weight excluding hydrogens is 502 g/mol. The predicted octanol–water partition coefficient (Wildman–Crippen LogP) is 5.96. The van der Waals surface area contributed by atoms with E-state index in [1.165, 1.54) is 15.9 Å². The normalized spacial score (nSPS) is 15.4. The summed E-state index contributed by atoms with van der Waals surface area (Å²) in [4.78, 5) is 17.7. The molecule has 1 amide bonds. The van der Waals surface area contributed by atoms with Gasteiger partial charge in [0, 0.05) is 30.3 Å². The van der Waals surface area contributed by atoms with Crippen molar-refractivity contribution in [2.24, 2.45) is 5.92 Å². The van der Waals surface area contributed by atoms with Gasteiger partial charge < -0.3 is 5.32 Å². The van der Waals surface area contributed by atoms with Gasteiger partial charge in [0.05, 0.1) is 15.2 Å². The molecule has 1 aliphatic heterocycles. The third-order valence-electron chi connectivity index (χ3n) is 6.22. The highest BCUT2D eigenvalue weighted by Gasteiger charge is 2.33. The van der Waals surface area contributed by atoms with Crippen molar-refractivity contribution < 1.29 is 13.2 Å². The molecule has 0 aliphatic carbocycles. The Hall–Kier alpha value is -2.78. The lowest BCUT2D eigenvalue weighted by Crippen LogP contribution is -2.41. The number of carbonyl (C=O) groups is 1. The summed E-state index contributed by atoms with van der Waals surface area (Å²) in [6.07, 6.45) is 0.914. The number of anilines is 1. The van der Waals surface area contributed by atoms with Crippen molar-refractivity contribution in [3.05, 3.63) is 77.3 Å². The van der Waals surface area contributed by atoms with Crippen LogP contribution in [-0.4, -0.2) is 36.7 Å². The zero-order chi connectivity index (χ0) is 24.6. The van der Waals surface area contributed by atoms with Gasteiger partial charge in [-0.3, -0.25) is 4.79 Å². The Morgan fingerprint density at radius 2 is 1.77 bits per heavy atom. The van der Waals surface area contributed by atoms with Gasteiger partial charge in [0.15, 0.2) is 0 Å². The molecule has 2 heterocycles. The lowest BCUT2D eigenvalue weighted by atomic mass is 9.97. The molecule has 4 aromatic rings. The van der Waals surface area contributed by atoms with E-state index in [1.807, 2.05) is 24.3 Å². The summed E-state index contributed by atoms with van der Waals surface area (Å²) in [5, 5.41) is 4.12. The third kappa shape index (κ3) is 4.97. The molecule has 180 valence electrons. The fraction of sp³-hybridized carbons (Fsp3) is 0.231. The maximum absolute atomic E-state index is 12.9. The number of halogens is 1. The minimum Gasteiger partial charge on any atom is -0.326 e. The first-order valence-electron chi connectivity index (χ1n) is 11.3. The van der Waals surface area contributed by atoms with Crippen LogP contribution in [0.5, 0.6) is 0 Å². The third-order valence-corrected chi connectivity index (χ3v) is 9.71. The Labute approximate surface area is 213 Å². The molecule has 1 N–H and O–H groups in total. The van der Waals surface area contributed by atoms with Crippen molar-refractivity contribution in [3.8, 4) is 10.6 Å². The Bertz CT molecular complexity index is 1490. The summed E-state index contributed by atoms with van der Waals surface area (Å²) >= 11 is 7.74. The predicted molar refractivity (Wildman–Crippen MR) is 141 cm³/mol. The van der Waals surface area contributed by atoms with Crippen LogP contribution >= 0.6 is 22.9 Å². The zero-order valence-electron chi connectivity index (χ0n) is 19.1. The van der Waals surface area contributed by atoms with Gasteiger partial charge in [-0.05, 0) is 73.9 Å². The number of hydrogen-bond acceptors (Lipinski definition) is 5. The smallest absolute Gasteiger partial charge is 0.244 e. The molecule has 0 atom stereocenters. The van der Waals surface area contributed by atoms with Gasteiger partial charge >= 0.3 is 0 Å². The fourth-order valence-corrected chi connectivity index (χ4v) is 7.17. The van der Waals surface area contributed by atoms with Crippen LogP contribution in [0.1, 0.15) is 18.4 Å². The van der Waals surface area contributed by atoms with Crippen LogP contribution in [0.2, 0.25) is 5.02 Å². The maximum atomic E-state index is 12.9. The zero-order valence-corrected chi connectivity index (χ0v) is 21.5. The van der Waals surface area contributed by atoms with Crippen molar-refractivity contribution in [2.75, 3.05) is 18.4 Å². The van der Waals surface area contributed by atoms with E-state index in [1.54, 1.807) is 29.5 Å². The number of carbonyl (C=O) groups excluding carboxylic acids is 1. The number of hydrogen-bond donors (Lipinski definition) is 1. The minimum absolute atomic E-state index is 0.0944. The second-order valence-corrected chi connectivity index (χ2v) is 12.0. The molecule has 1 aliphatic rings. The number of aromatic nitrogens is 1. The second kappa shape index (κ2) is 9.70. The molecule has 1 aromatic heterocycles. The molecule has 1 fully saturated rings. The summed E-state index contributed by atoms with van der Waals surface area (Å²) in [5.41, 5.74) is 3.88. The van der Waals surface area contributed by atoms with Crippen LogP contribution in [0.3, 0.4) is 0 Å². The molecule has 35 heavy (non-hydrogen) atoms. The van der Waals surface area contributed by atoms with E-state index >= 15 is 0 Å². The lowest BCUT2D eigenvalue weighted by Gasteiger charge is -2.30. The van der Waals surface area contributed by atoms with Crippen LogP contribution in [0, 0.1) is 12.8 Å². The average molecular weight is 526 g/mol. The number of fused-ring (bicyclic) bond motifs is 1. The van der Waals surface area contributed by atoms with Crippen molar-refractivity contribution in [1.82, 2.24) is 9.29 Å². The number of rotatable bonds is 5. The molecule has 1 saturated heterocycles. The SMILES string of the molecule is Cc1ccc2sc(-c3ccc(NC(=O)C4CCN(S(=O)(=O)c5ccccc5Cl)CC4)cc3)nc2c1. The van der Waals surface area contributed by atoms with Crippen LogP contribution < -0.4 is 5.32 Å². The number of amides is 1. The number of nitrogens with one attached hydrogen (secondary N) is 1. The number of sulfonamides is 1. The van der Waals surface area contributed by atoms with Gasteiger partial charge in [0.1, 0.15) is 9.90 Å². The van der Waals surface area contributed by atoms with Gasteiger partial charge in [0.2, 0.25) is 15.9 Å². The average Bonchev–Trinajstić information content (AvgIpc) is 3.28. The minimum atomic E-state index is -3.68. The maximum Gasteiger partial charge on any atom is 0.244 e. The van der Waals surface area contributed by atoms with Gasteiger partial charge in [0.25, 0.3) is 0 Å². The number of nitrogens with zero attached hydrogens (tertiary/aromatic N) is 2. The van der Waals surface area contributed by atoms with Crippen molar-refractivity contribution in [3.63, 3.8) is 0 Å². The lowest BCUT2D eigenvalue weighted by molar-refractivity contribution is -0.120. The number of benzene rings is 3. The largest absolute Gasteiger partial charge is 0.326 e. The summed E-state index contributed by atoms with van der Waals surface area (Å²) in [7, 11) is -3.68. The van der Waals surface area contributed by atoms with Crippen LogP contribution in [-0.2, 0) is 14.8 Å². The molecule has 5 rings (SSSR count). The van der Waals surface area contributed by atoms with Crippen LogP contribution in [0.4, 0.5) is 5.69 Å². The first-order valence-corrected chi connectivity index (χ1v) is 14.0. The van der Waals surface area contributed by atoms with Crippen molar-refractivity contribution in [2.45, 2.75) is 24.7 Å². The van der Waals surface area contributed by atoms with Crippen LogP contribution in [0.15, 0.2) is 71.6 Å². The second-order valence-electron chi connectivity index (χ2n) is 8.67. The van der Waals surface area contributed by atoms with E-state index in [-0.39, 0.29) is 34.8 Å². The fourth-order valence-electron chi connectivity index (χ4n) is 4.25. The monoisotopic (exact) mass is 525 g/mol. The van der Waals surface area contributed by atoms with E-state index in [0.29, 0.717) is 18.5 Å². The Kier molecular flexibility index (Phi) is 6.63. The molecule has 0 bridgehead atoms. The summed E-state index contributed by atoms with van der Waals surface area (Å²) < 4.78 is 28.4. The summed E-state index contributed by atoms with van der Waals surface area (Å²) in [5.74, 6) is -0.345. The van der Waals surface area contributed by atoms with Gasteiger partial charge in [-0.25, -0.2) is 13.4 Å². The van der Waals surface area contributed by atoms with Gasteiger partial charge in [-0.15, -0.1) is 11.3 Å². The molecule has 0 saturated carbocycles. The Morgan fingerprint density at radius 1 is 1.06 bits per heavy atom. The van der Waals surface area contributed by atoms with Crippen molar-refractivity contribution >= 4 is 54.8 Å². The van der Waals surface area contributed by atoms with Crippen LogP contribution in [0.25, 0.3) is 20.8 Å². The molecule has 0 radical (unpaired) electrons. The molecule has 9 heteroatoms. The summed E-state index contributed by atoms with van der Waals surface area (Å²) in [6, 6.07) is 20.3. The van der Waals surface area contributed by atoms with E-state index in [4.69, 9.17) is 16.6 Å². The van der Waals surface area contributed by atoms with E-state index < -0.39 is 10.0 Å². The quantitative estimate of drug-likeness (QED) is 0.348. The standard InChI is InChI=1S/C26H24ClN3O3S2/c1-17-6-11-23-22(16-17)29-26(34-23)19-7-9-20(10-8-19)28-25(31)18-12-14-30(15-13-18)35(32,33)24-5-3-2-4-21(24)27/h2-11,16,18H,12-15H2,1H3,(H,28,31). The van der Waals surface area contributed by atoms with E-state index in [2.05, 4.69) is 30.4 Å². The highest BCUT2D eigenvalue weighted by molar-refractivity contribution is 7.89. The molecule has 6 nitrogen and oxygen atoms in total. The van der Waals surface area contributed by atoms with Gasteiger partial charge in [-0.1, -0.05) is 29.8 Å². The highest BCUT2D eigenvalue weighted by atomic mass is 35.5. The number of aryl methyl sites for hydroxylation is 1. The van der Waals surface area contributed by atoms with Gasteiger partial charge in [-0.2, -0.15) is 4.31 Å². The highest BCUT2D eigenvalue weighted by Crippen LogP contribution is 2.32. The number of thiazole rings is 1. The first kappa shape index (κ1) is 23.9. The topological polar surface area (TPSA) is 79.4 Å². The molecule has 0 spiro atoms. The Balaban J connectivity index is 1.21. The van der Waals surface area contributed by atoms with E-state index in [0.717, 1.165) is 20.8 Å².